The van der Waals surface area contributed by atoms with Gasteiger partial charge in [-0.25, -0.2) is 9.97 Å². The van der Waals surface area contributed by atoms with E-state index in [9.17, 15) is 4.79 Å². The summed E-state index contributed by atoms with van der Waals surface area (Å²) in [5, 5.41) is 5.20. The van der Waals surface area contributed by atoms with Gasteiger partial charge in [0.1, 0.15) is 5.82 Å². The van der Waals surface area contributed by atoms with Crippen molar-refractivity contribution in [3.8, 4) is 11.3 Å². The highest BCUT2D eigenvalue weighted by Crippen LogP contribution is 2.28. The summed E-state index contributed by atoms with van der Waals surface area (Å²) in [7, 11) is 0. The van der Waals surface area contributed by atoms with Gasteiger partial charge in [-0.05, 0) is 6.92 Å². The fourth-order valence-corrected chi connectivity index (χ4v) is 2.79. The van der Waals surface area contributed by atoms with Gasteiger partial charge in [-0.1, -0.05) is 50.6 Å². The second-order valence-corrected chi connectivity index (χ2v) is 7.61. The molecule has 0 atom stereocenters. The van der Waals surface area contributed by atoms with Gasteiger partial charge < -0.3 is 4.98 Å². The van der Waals surface area contributed by atoms with Crippen molar-refractivity contribution in [1.29, 1.82) is 0 Å². The Morgan fingerprint density at radius 2 is 1.92 bits per heavy atom. The number of carbonyl (C=O) groups is 1. The number of amides is 1. The molecule has 1 amide bonds. The zero-order valence-electron chi connectivity index (χ0n) is 14.2. The Bertz CT molecular complexity index is 842. The number of benzene rings is 1. The summed E-state index contributed by atoms with van der Waals surface area (Å²) in [6.07, 6.45) is 1.66. The number of hydrogen-bond donors (Lipinski definition) is 2. The molecule has 3 aromatic rings. The second-order valence-electron chi connectivity index (χ2n) is 6.72. The summed E-state index contributed by atoms with van der Waals surface area (Å²) in [6.45, 7) is 8.22. The number of H-pyrrole nitrogens is 1. The van der Waals surface area contributed by atoms with Crippen LogP contribution < -0.4 is 5.32 Å². The number of nitrogens with zero attached hydrogens (tertiary/aromatic N) is 2. The van der Waals surface area contributed by atoms with Crippen LogP contribution in [0.15, 0.2) is 35.8 Å². The lowest BCUT2D eigenvalue weighted by Crippen LogP contribution is -2.16. The van der Waals surface area contributed by atoms with Crippen LogP contribution in [0.3, 0.4) is 0 Å². The molecular formula is C18H20N4OS. The van der Waals surface area contributed by atoms with Crippen molar-refractivity contribution in [1.82, 2.24) is 15.0 Å². The molecule has 6 heteroatoms. The van der Waals surface area contributed by atoms with E-state index >= 15 is 0 Å². The highest BCUT2D eigenvalue weighted by Gasteiger charge is 2.25. The highest BCUT2D eigenvalue weighted by atomic mass is 32.1. The topological polar surface area (TPSA) is 70.7 Å². The number of carbonyl (C=O) groups excluding carboxylic acids is 1. The molecule has 0 spiro atoms. The third-order valence-electron chi connectivity index (χ3n) is 3.62. The SMILES string of the molecule is Cc1ccc(-c2[nH]c(C(C)(C)C)nc2C(=O)Nc2nccs2)cc1. The minimum atomic E-state index is -0.257. The van der Waals surface area contributed by atoms with E-state index < -0.39 is 0 Å². The maximum Gasteiger partial charge on any atom is 0.278 e. The van der Waals surface area contributed by atoms with Crippen LogP contribution in [0, 0.1) is 6.92 Å². The molecule has 0 saturated heterocycles. The van der Waals surface area contributed by atoms with Crippen molar-refractivity contribution in [2.24, 2.45) is 0 Å². The Morgan fingerprint density at radius 1 is 1.21 bits per heavy atom. The van der Waals surface area contributed by atoms with E-state index in [2.05, 4.69) is 41.0 Å². The smallest absolute Gasteiger partial charge is 0.278 e. The normalized spacial score (nSPS) is 11.5. The van der Waals surface area contributed by atoms with Crippen LogP contribution in [-0.4, -0.2) is 20.9 Å². The van der Waals surface area contributed by atoms with E-state index in [0.29, 0.717) is 10.8 Å². The Labute approximate surface area is 145 Å². The number of rotatable bonds is 3. The molecule has 3 rings (SSSR count). The monoisotopic (exact) mass is 340 g/mol. The fraction of sp³-hybridized carbons (Fsp3) is 0.278. The van der Waals surface area contributed by atoms with E-state index in [0.717, 1.165) is 17.1 Å². The summed E-state index contributed by atoms with van der Waals surface area (Å²) >= 11 is 1.38. The first-order chi connectivity index (χ1) is 11.3. The molecule has 2 N–H and O–H groups in total. The molecule has 0 aliphatic carbocycles. The lowest BCUT2D eigenvalue weighted by atomic mass is 9.96. The van der Waals surface area contributed by atoms with Gasteiger partial charge in [0.25, 0.3) is 5.91 Å². The number of aromatic nitrogens is 3. The van der Waals surface area contributed by atoms with E-state index in [1.807, 2.05) is 36.6 Å². The average molecular weight is 340 g/mol. The number of hydrogen-bond acceptors (Lipinski definition) is 4. The number of anilines is 1. The molecule has 0 unspecified atom stereocenters. The summed E-state index contributed by atoms with van der Waals surface area (Å²) in [5.74, 6) is 0.523. The molecule has 0 bridgehead atoms. The van der Waals surface area contributed by atoms with Crippen molar-refractivity contribution in [2.75, 3.05) is 5.32 Å². The van der Waals surface area contributed by atoms with Gasteiger partial charge in [0.05, 0.1) is 5.69 Å². The van der Waals surface area contributed by atoms with Crippen molar-refractivity contribution < 1.29 is 4.79 Å². The third-order valence-corrected chi connectivity index (χ3v) is 4.31. The zero-order valence-corrected chi connectivity index (χ0v) is 15.0. The molecular weight excluding hydrogens is 320 g/mol. The van der Waals surface area contributed by atoms with Crippen LogP contribution in [0.1, 0.15) is 42.6 Å². The molecule has 5 nitrogen and oxygen atoms in total. The summed E-state index contributed by atoms with van der Waals surface area (Å²) in [4.78, 5) is 24.7. The van der Waals surface area contributed by atoms with Gasteiger partial charge in [-0.15, -0.1) is 11.3 Å². The number of imidazole rings is 1. The zero-order chi connectivity index (χ0) is 17.3. The molecule has 24 heavy (non-hydrogen) atoms. The van der Waals surface area contributed by atoms with Gasteiger partial charge in [0.15, 0.2) is 10.8 Å². The van der Waals surface area contributed by atoms with Crippen molar-refractivity contribution >= 4 is 22.4 Å². The quantitative estimate of drug-likeness (QED) is 0.743. The van der Waals surface area contributed by atoms with E-state index in [1.165, 1.54) is 16.9 Å². The Hall–Kier alpha value is -2.47. The minimum absolute atomic E-state index is 0.181. The number of nitrogens with one attached hydrogen (secondary N) is 2. The number of aryl methyl sites for hydroxylation is 1. The van der Waals surface area contributed by atoms with Gasteiger partial charge in [0.2, 0.25) is 0 Å². The molecule has 2 heterocycles. The van der Waals surface area contributed by atoms with Crippen LogP contribution in [0.4, 0.5) is 5.13 Å². The van der Waals surface area contributed by atoms with Gasteiger partial charge in [0, 0.05) is 22.6 Å². The van der Waals surface area contributed by atoms with Crippen LogP contribution in [0.5, 0.6) is 0 Å². The predicted molar refractivity (Wildman–Crippen MR) is 97.5 cm³/mol. The van der Waals surface area contributed by atoms with Crippen LogP contribution in [0.2, 0.25) is 0 Å². The first-order valence-electron chi connectivity index (χ1n) is 7.73. The van der Waals surface area contributed by atoms with Crippen LogP contribution in [-0.2, 0) is 5.41 Å². The summed E-state index contributed by atoms with van der Waals surface area (Å²) in [6, 6.07) is 8.04. The van der Waals surface area contributed by atoms with Crippen molar-refractivity contribution in [3.05, 3.63) is 52.9 Å². The molecule has 1 aromatic carbocycles. The molecule has 0 aliphatic rings. The lowest BCUT2D eigenvalue weighted by Gasteiger charge is -2.14. The summed E-state index contributed by atoms with van der Waals surface area (Å²) in [5.41, 5.74) is 3.04. The van der Waals surface area contributed by atoms with E-state index in [1.54, 1.807) is 6.20 Å². The van der Waals surface area contributed by atoms with Crippen molar-refractivity contribution in [2.45, 2.75) is 33.1 Å². The maximum atomic E-state index is 12.7. The molecule has 124 valence electrons. The molecule has 0 saturated carbocycles. The van der Waals surface area contributed by atoms with Crippen molar-refractivity contribution in [3.63, 3.8) is 0 Å². The van der Waals surface area contributed by atoms with E-state index in [-0.39, 0.29) is 11.3 Å². The van der Waals surface area contributed by atoms with Crippen LogP contribution in [0.25, 0.3) is 11.3 Å². The first-order valence-corrected chi connectivity index (χ1v) is 8.61. The Balaban J connectivity index is 2.04. The number of aromatic amines is 1. The van der Waals surface area contributed by atoms with Gasteiger partial charge in [-0.2, -0.15) is 0 Å². The minimum Gasteiger partial charge on any atom is -0.341 e. The molecule has 2 aromatic heterocycles. The Morgan fingerprint density at radius 3 is 2.50 bits per heavy atom. The van der Waals surface area contributed by atoms with Crippen LogP contribution >= 0.6 is 11.3 Å². The van der Waals surface area contributed by atoms with Gasteiger partial charge in [-0.3, -0.25) is 10.1 Å². The Kier molecular flexibility index (Phi) is 4.24. The second kappa shape index (κ2) is 6.20. The molecule has 0 aliphatic heterocycles. The van der Waals surface area contributed by atoms with E-state index in [4.69, 9.17) is 0 Å². The number of thiazole rings is 1. The standard InChI is InChI=1S/C18H20N4OS/c1-11-5-7-12(8-6-11)13-14(21-16(20-13)18(2,3)4)15(23)22-17-19-9-10-24-17/h5-10H,1-4H3,(H,20,21)(H,19,22,23). The average Bonchev–Trinajstić information content (AvgIpc) is 3.16. The maximum absolute atomic E-state index is 12.7. The summed E-state index contributed by atoms with van der Waals surface area (Å²) < 4.78 is 0. The third kappa shape index (κ3) is 3.38. The lowest BCUT2D eigenvalue weighted by molar-refractivity contribution is 0.102. The highest BCUT2D eigenvalue weighted by molar-refractivity contribution is 7.13. The first kappa shape index (κ1) is 16.4. The molecule has 0 fully saturated rings. The fourth-order valence-electron chi connectivity index (χ4n) is 2.26. The predicted octanol–water partition coefficient (Wildman–Crippen LogP) is 4.39. The molecule has 0 radical (unpaired) electrons. The largest absolute Gasteiger partial charge is 0.341 e. The van der Waals surface area contributed by atoms with Gasteiger partial charge >= 0.3 is 0 Å².